The molecule has 0 bridgehead atoms. The Morgan fingerprint density at radius 2 is 2.10 bits per heavy atom. The third-order valence-electron chi connectivity index (χ3n) is 3.94. The number of benzene rings is 1. The van der Waals surface area contributed by atoms with Crippen molar-refractivity contribution in [1.82, 2.24) is 0 Å². The Morgan fingerprint density at radius 3 is 2.80 bits per heavy atom. The lowest BCUT2D eigenvalue weighted by molar-refractivity contribution is -0.145. The molecule has 3 nitrogen and oxygen atoms in total. The molecule has 1 fully saturated rings. The van der Waals surface area contributed by atoms with E-state index in [2.05, 4.69) is 6.92 Å². The van der Waals surface area contributed by atoms with Gasteiger partial charge < -0.3 is 10.5 Å². The summed E-state index contributed by atoms with van der Waals surface area (Å²) in [5, 5.41) is 0. The van der Waals surface area contributed by atoms with Crippen LogP contribution in [0.3, 0.4) is 0 Å². The minimum atomic E-state index is -0.247. The molecule has 0 aromatic heterocycles. The van der Waals surface area contributed by atoms with Crippen molar-refractivity contribution in [2.75, 3.05) is 5.73 Å². The third-order valence-corrected chi connectivity index (χ3v) is 3.94. The van der Waals surface area contributed by atoms with E-state index in [-0.39, 0.29) is 12.1 Å². The minimum absolute atomic E-state index is 0.0947. The number of rotatable bonds is 4. The normalized spacial score (nSPS) is 22.9. The zero-order valence-electron chi connectivity index (χ0n) is 12.0. The second-order valence-electron chi connectivity index (χ2n) is 5.50. The standard InChI is InChI=1S/C17H23NO2/c1-2-13-4-3-5-16(12-13)20-17(19)11-8-14-6-9-15(18)10-7-14/h6-11,13,16H,2-5,12,18H2,1H3/b11-8+. The Kier molecular flexibility index (Phi) is 5.22. The van der Waals surface area contributed by atoms with Crippen molar-refractivity contribution in [3.05, 3.63) is 35.9 Å². The smallest absolute Gasteiger partial charge is 0.331 e. The number of nitrogens with two attached hydrogens (primary N) is 1. The van der Waals surface area contributed by atoms with Gasteiger partial charge in [-0.05, 0) is 49.0 Å². The van der Waals surface area contributed by atoms with E-state index in [1.165, 1.54) is 18.9 Å². The van der Waals surface area contributed by atoms with Crippen LogP contribution >= 0.6 is 0 Å². The van der Waals surface area contributed by atoms with Gasteiger partial charge in [0.15, 0.2) is 0 Å². The van der Waals surface area contributed by atoms with Crippen molar-refractivity contribution in [2.45, 2.75) is 45.1 Å². The number of carbonyl (C=O) groups is 1. The molecular formula is C17H23NO2. The zero-order valence-corrected chi connectivity index (χ0v) is 12.0. The fourth-order valence-corrected chi connectivity index (χ4v) is 2.69. The van der Waals surface area contributed by atoms with Gasteiger partial charge in [0.1, 0.15) is 6.10 Å². The van der Waals surface area contributed by atoms with Crippen molar-refractivity contribution < 1.29 is 9.53 Å². The molecule has 2 rings (SSSR count). The molecule has 3 heteroatoms. The quantitative estimate of drug-likeness (QED) is 0.516. The molecule has 1 aromatic carbocycles. The Morgan fingerprint density at radius 1 is 1.35 bits per heavy atom. The Hall–Kier alpha value is -1.77. The molecule has 108 valence electrons. The van der Waals surface area contributed by atoms with E-state index >= 15 is 0 Å². The lowest BCUT2D eigenvalue weighted by Gasteiger charge is -2.27. The van der Waals surface area contributed by atoms with Gasteiger partial charge in [-0.2, -0.15) is 0 Å². The zero-order chi connectivity index (χ0) is 14.4. The third kappa shape index (κ3) is 4.41. The van der Waals surface area contributed by atoms with Crippen molar-refractivity contribution >= 4 is 17.7 Å². The van der Waals surface area contributed by atoms with Gasteiger partial charge in [-0.15, -0.1) is 0 Å². The van der Waals surface area contributed by atoms with Gasteiger partial charge in [0.25, 0.3) is 0 Å². The summed E-state index contributed by atoms with van der Waals surface area (Å²) < 4.78 is 5.52. The van der Waals surface area contributed by atoms with Crippen LogP contribution in [-0.4, -0.2) is 12.1 Å². The number of carbonyl (C=O) groups excluding carboxylic acids is 1. The average molecular weight is 273 g/mol. The second-order valence-corrected chi connectivity index (χ2v) is 5.50. The van der Waals surface area contributed by atoms with Crippen LogP contribution in [0.1, 0.15) is 44.6 Å². The summed E-state index contributed by atoms with van der Waals surface area (Å²) in [6, 6.07) is 7.40. The van der Waals surface area contributed by atoms with E-state index in [1.807, 2.05) is 24.3 Å². The molecule has 20 heavy (non-hydrogen) atoms. The topological polar surface area (TPSA) is 52.3 Å². The number of hydrogen-bond acceptors (Lipinski definition) is 3. The highest BCUT2D eigenvalue weighted by atomic mass is 16.5. The molecule has 1 aliphatic carbocycles. The molecule has 2 unspecified atom stereocenters. The number of hydrogen-bond donors (Lipinski definition) is 1. The molecule has 1 saturated carbocycles. The Balaban J connectivity index is 1.84. The molecule has 0 saturated heterocycles. The molecule has 0 radical (unpaired) electrons. The molecule has 2 N–H and O–H groups in total. The summed E-state index contributed by atoms with van der Waals surface area (Å²) in [6.45, 7) is 2.20. The Labute approximate surface area is 120 Å². The lowest BCUT2D eigenvalue weighted by atomic mass is 9.85. The summed E-state index contributed by atoms with van der Waals surface area (Å²) in [6.07, 6.45) is 8.98. The van der Waals surface area contributed by atoms with E-state index in [9.17, 15) is 4.79 Å². The maximum Gasteiger partial charge on any atom is 0.331 e. The summed E-state index contributed by atoms with van der Waals surface area (Å²) >= 11 is 0. The van der Waals surface area contributed by atoms with E-state index in [4.69, 9.17) is 10.5 Å². The first kappa shape index (κ1) is 14.6. The van der Waals surface area contributed by atoms with Gasteiger partial charge in [-0.25, -0.2) is 4.79 Å². The van der Waals surface area contributed by atoms with Gasteiger partial charge in [-0.1, -0.05) is 31.9 Å². The summed E-state index contributed by atoms with van der Waals surface area (Å²) in [4.78, 5) is 11.8. The first-order valence-electron chi connectivity index (χ1n) is 7.41. The monoisotopic (exact) mass is 273 g/mol. The number of esters is 1. The maximum absolute atomic E-state index is 11.8. The van der Waals surface area contributed by atoms with Crippen molar-refractivity contribution in [2.24, 2.45) is 5.92 Å². The second kappa shape index (κ2) is 7.13. The van der Waals surface area contributed by atoms with Crippen LogP contribution in [0.25, 0.3) is 6.08 Å². The summed E-state index contributed by atoms with van der Waals surface area (Å²) in [7, 11) is 0. The minimum Gasteiger partial charge on any atom is -0.459 e. The summed E-state index contributed by atoms with van der Waals surface area (Å²) in [5.74, 6) is 0.464. The maximum atomic E-state index is 11.8. The van der Waals surface area contributed by atoms with E-state index < -0.39 is 0 Å². The van der Waals surface area contributed by atoms with Gasteiger partial charge in [-0.3, -0.25) is 0 Å². The highest BCUT2D eigenvalue weighted by molar-refractivity contribution is 5.87. The van der Waals surface area contributed by atoms with Crippen molar-refractivity contribution in [3.63, 3.8) is 0 Å². The largest absolute Gasteiger partial charge is 0.459 e. The predicted molar refractivity (Wildman–Crippen MR) is 82.0 cm³/mol. The van der Waals surface area contributed by atoms with Crippen molar-refractivity contribution in [3.8, 4) is 0 Å². The van der Waals surface area contributed by atoms with Gasteiger partial charge in [0.2, 0.25) is 0 Å². The highest BCUT2D eigenvalue weighted by Gasteiger charge is 2.22. The highest BCUT2D eigenvalue weighted by Crippen LogP contribution is 2.28. The van der Waals surface area contributed by atoms with Crippen LogP contribution in [0.5, 0.6) is 0 Å². The lowest BCUT2D eigenvalue weighted by Crippen LogP contribution is -2.24. The van der Waals surface area contributed by atoms with Crippen molar-refractivity contribution in [1.29, 1.82) is 0 Å². The number of ether oxygens (including phenoxy) is 1. The van der Waals surface area contributed by atoms with Crippen LogP contribution < -0.4 is 5.73 Å². The fourth-order valence-electron chi connectivity index (χ4n) is 2.69. The molecular weight excluding hydrogens is 250 g/mol. The molecule has 1 aromatic rings. The number of nitrogen functional groups attached to an aromatic ring is 1. The van der Waals surface area contributed by atoms with Gasteiger partial charge >= 0.3 is 5.97 Å². The van der Waals surface area contributed by atoms with E-state index in [0.717, 1.165) is 30.5 Å². The van der Waals surface area contributed by atoms with Gasteiger partial charge in [0.05, 0.1) is 0 Å². The SMILES string of the molecule is CCC1CCCC(OC(=O)/C=C/c2ccc(N)cc2)C1. The van der Waals surface area contributed by atoms with Crippen LogP contribution in [0, 0.1) is 5.92 Å². The molecule has 1 aliphatic rings. The number of anilines is 1. The average Bonchev–Trinajstić information content (AvgIpc) is 2.47. The molecule has 0 amide bonds. The summed E-state index contributed by atoms with van der Waals surface area (Å²) in [5.41, 5.74) is 7.29. The van der Waals surface area contributed by atoms with E-state index in [0.29, 0.717) is 5.92 Å². The van der Waals surface area contributed by atoms with Crippen LogP contribution in [0.4, 0.5) is 5.69 Å². The van der Waals surface area contributed by atoms with Crippen LogP contribution in [0.2, 0.25) is 0 Å². The van der Waals surface area contributed by atoms with Gasteiger partial charge in [0, 0.05) is 11.8 Å². The molecule has 2 atom stereocenters. The molecule has 0 heterocycles. The predicted octanol–water partition coefficient (Wildman–Crippen LogP) is 3.79. The fraction of sp³-hybridized carbons (Fsp3) is 0.471. The first-order valence-corrected chi connectivity index (χ1v) is 7.41. The van der Waals surface area contributed by atoms with Crippen LogP contribution in [-0.2, 0) is 9.53 Å². The Bertz CT molecular complexity index is 464. The van der Waals surface area contributed by atoms with E-state index in [1.54, 1.807) is 6.08 Å². The molecule has 0 spiro atoms. The first-order chi connectivity index (χ1) is 9.67. The molecule has 0 aliphatic heterocycles. The van der Waals surface area contributed by atoms with Crippen LogP contribution in [0.15, 0.2) is 30.3 Å².